The van der Waals surface area contributed by atoms with Crippen LogP contribution in [0.15, 0.2) is 70.5 Å². The lowest BCUT2D eigenvalue weighted by atomic mass is 10.2. The highest BCUT2D eigenvalue weighted by Crippen LogP contribution is 2.25. The summed E-state index contributed by atoms with van der Waals surface area (Å²) >= 11 is 0. The molecular formula is C23H22N6O2. The van der Waals surface area contributed by atoms with Gasteiger partial charge in [0.1, 0.15) is 0 Å². The minimum absolute atomic E-state index is 0.0219. The summed E-state index contributed by atoms with van der Waals surface area (Å²) in [6, 6.07) is 14.4. The Morgan fingerprint density at radius 2 is 1.94 bits per heavy atom. The lowest BCUT2D eigenvalue weighted by Gasteiger charge is -2.27. The third-order valence-electron chi connectivity index (χ3n) is 5.80. The summed E-state index contributed by atoms with van der Waals surface area (Å²) in [4.78, 5) is 36.4. The van der Waals surface area contributed by atoms with Gasteiger partial charge in [0.15, 0.2) is 0 Å². The minimum Gasteiger partial charge on any atom is -0.337 e. The lowest BCUT2D eigenvalue weighted by molar-refractivity contribution is 0.483. The molecule has 1 aliphatic heterocycles. The van der Waals surface area contributed by atoms with E-state index in [0.717, 1.165) is 24.9 Å². The molecule has 1 atom stereocenters. The first-order chi connectivity index (χ1) is 15.1. The van der Waals surface area contributed by atoms with Crippen LogP contribution in [-0.2, 0) is 13.6 Å². The molecule has 156 valence electrons. The van der Waals surface area contributed by atoms with Crippen molar-refractivity contribution in [3.63, 3.8) is 0 Å². The molecule has 8 nitrogen and oxygen atoms in total. The van der Waals surface area contributed by atoms with Crippen LogP contribution < -0.4 is 16.0 Å². The molecule has 31 heavy (non-hydrogen) atoms. The van der Waals surface area contributed by atoms with E-state index in [0.29, 0.717) is 29.1 Å². The van der Waals surface area contributed by atoms with Gasteiger partial charge in [0.05, 0.1) is 29.2 Å². The molecule has 0 spiro atoms. The first-order valence-electron chi connectivity index (χ1n) is 10.3. The zero-order valence-electron chi connectivity index (χ0n) is 17.2. The molecule has 0 N–H and O–H groups in total. The van der Waals surface area contributed by atoms with Crippen molar-refractivity contribution in [1.82, 2.24) is 24.3 Å². The van der Waals surface area contributed by atoms with E-state index in [9.17, 15) is 9.59 Å². The number of anilines is 1. The summed E-state index contributed by atoms with van der Waals surface area (Å²) in [5.74, 6) is 0.627. The van der Waals surface area contributed by atoms with Gasteiger partial charge in [-0.15, -0.1) is 0 Å². The third kappa shape index (κ3) is 3.50. The molecule has 1 fully saturated rings. The molecule has 3 aromatic heterocycles. The van der Waals surface area contributed by atoms with Gasteiger partial charge in [0, 0.05) is 37.6 Å². The standard InChI is InChI=1S/C23H22N6O2/c1-27-22(31)18-8-2-3-9-20(18)25-23(27)28-13-5-7-17(28)15-29-21(30)11-10-19(26-29)16-6-4-12-24-14-16/h2-4,6,8-12,14,17H,5,7,13,15H2,1H3. The summed E-state index contributed by atoms with van der Waals surface area (Å²) in [7, 11) is 1.75. The van der Waals surface area contributed by atoms with Crippen molar-refractivity contribution in [2.24, 2.45) is 7.05 Å². The highest BCUT2D eigenvalue weighted by molar-refractivity contribution is 5.78. The third-order valence-corrected chi connectivity index (χ3v) is 5.80. The number of hydrogen-bond acceptors (Lipinski definition) is 6. The molecule has 0 saturated carbocycles. The number of aromatic nitrogens is 5. The largest absolute Gasteiger partial charge is 0.337 e. The minimum atomic E-state index is -0.153. The van der Waals surface area contributed by atoms with Crippen molar-refractivity contribution in [2.45, 2.75) is 25.4 Å². The van der Waals surface area contributed by atoms with Gasteiger partial charge in [-0.1, -0.05) is 12.1 Å². The molecule has 0 radical (unpaired) electrons. The summed E-state index contributed by atoms with van der Waals surface area (Å²) in [5.41, 5.74) is 2.02. The van der Waals surface area contributed by atoms with Gasteiger partial charge in [-0.2, -0.15) is 5.10 Å². The molecule has 0 bridgehead atoms. The first-order valence-corrected chi connectivity index (χ1v) is 10.3. The summed E-state index contributed by atoms with van der Waals surface area (Å²) < 4.78 is 3.10. The Bertz CT molecular complexity index is 1360. The Morgan fingerprint density at radius 3 is 2.77 bits per heavy atom. The molecule has 0 aliphatic carbocycles. The first kappa shape index (κ1) is 19.2. The number of fused-ring (bicyclic) bond motifs is 1. The maximum Gasteiger partial charge on any atom is 0.266 e. The predicted octanol–water partition coefficient (Wildman–Crippen LogP) is 2.22. The van der Waals surface area contributed by atoms with E-state index in [2.05, 4.69) is 15.0 Å². The highest BCUT2D eigenvalue weighted by atomic mass is 16.1. The topological polar surface area (TPSA) is 85.9 Å². The number of nitrogens with zero attached hydrogens (tertiary/aromatic N) is 6. The van der Waals surface area contributed by atoms with E-state index in [1.54, 1.807) is 42.2 Å². The lowest BCUT2D eigenvalue weighted by Crippen LogP contribution is -2.40. The van der Waals surface area contributed by atoms with Gasteiger partial charge in [-0.3, -0.25) is 19.1 Å². The van der Waals surface area contributed by atoms with Crippen molar-refractivity contribution in [3.8, 4) is 11.3 Å². The average Bonchev–Trinajstić information content (AvgIpc) is 3.26. The van der Waals surface area contributed by atoms with Gasteiger partial charge >= 0.3 is 0 Å². The van der Waals surface area contributed by atoms with Gasteiger partial charge in [-0.05, 0) is 43.2 Å². The Balaban J connectivity index is 1.50. The second-order valence-corrected chi connectivity index (χ2v) is 7.76. The average molecular weight is 414 g/mol. The summed E-state index contributed by atoms with van der Waals surface area (Å²) in [6.45, 7) is 1.20. The van der Waals surface area contributed by atoms with Gasteiger partial charge < -0.3 is 4.90 Å². The number of rotatable bonds is 4. The highest BCUT2D eigenvalue weighted by Gasteiger charge is 2.29. The zero-order chi connectivity index (χ0) is 21.4. The molecule has 1 saturated heterocycles. The van der Waals surface area contributed by atoms with E-state index in [1.165, 1.54) is 4.68 Å². The molecule has 1 unspecified atom stereocenters. The zero-order valence-corrected chi connectivity index (χ0v) is 17.2. The smallest absolute Gasteiger partial charge is 0.266 e. The second kappa shape index (κ2) is 7.79. The van der Waals surface area contributed by atoms with Crippen LogP contribution in [0.4, 0.5) is 5.95 Å². The summed E-state index contributed by atoms with van der Waals surface area (Å²) in [6.07, 6.45) is 5.29. The van der Waals surface area contributed by atoms with E-state index >= 15 is 0 Å². The van der Waals surface area contributed by atoms with Crippen molar-refractivity contribution < 1.29 is 0 Å². The molecule has 8 heteroatoms. The Hall–Kier alpha value is -3.81. The van der Waals surface area contributed by atoms with E-state index < -0.39 is 0 Å². The van der Waals surface area contributed by atoms with Gasteiger partial charge in [0.2, 0.25) is 5.95 Å². The van der Waals surface area contributed by atoms with Crippen LogP contribution in [0.2, 0.25) is 0 Å². The van der Waals surface area contributed by atoms with Crippen molar-refractivity contribution in [1.29, 1.82) is 0 Å². The fourth-order valence-corrected chi connectivity index (χ4v) is 4.20. The number of para-hydroxylation sites is 1. The van der Waals surface area contributed by atoms with Crippen LogP contribution in [0.1, 0.15) is 12.8 Å². The quantitative estimate of drug-likeness (QED) is 0.509. The number of hydrogen-bond donors (Lipinski definition) is 0. The monoisotopic (exact) mass is 414 g/mol. The van der Waals surface area contributed by atoms with Crippen LogP contribution in [0.25, 0.3) is 22.2 Å². The Morgan fingerprint density at radius 1 is 1.06 bits per heavy atom. The van der Waals surface area contributed by atoms with Crippen LogP contribution in [0, 0.1) is 0 Å². The molecule has 0 amide bonds. The van der Waals surface area contributed by atoms with Crippen LogP contribution >= 0.6 is 0 Å². The fraction of sp³-hybridized carbons (Fsp3) is 0.261. The molecule has 1 aliphatic rings. The number of benzene rings is 1. The molecule has 1 aromatic carbocycles. The maximum atomic E-state index is 12.8. The molecule has 4 heterocycles. The van der Waals surface area contributed by atoms with E-state index in [-0.39, 0.29) is 17.2 Å². The van der Waals surface area contributed by atoms with Crippen LogP contribution in [0.3, 0.4) is 0 Å². The Labute approximate surface area is 178 Å². The normalized spacial score (nSPS) is 16.2. The van der Waals surface area contributed by atoms with Gasteiger partial charge in [0.25, 0.3) is 11.1 Å². The summed E-state index contributed by atoms with van der Waals surface area (Å²) in [5, 5.41) is 5.18. The fourth-order valence-electron chi connectivity index (χ4n) is 4.20. The van der Waals surface area contributed by atoms with E-state index in [1.807, 2.05) is 30.3 Å². The van der Waals surface area contributed by atoms with Crippen LogP contribution in [-0.4, -0.2) is 36.9 Å². The molecule has 4 aromatic rings. The van der Waals surface area contributed by atoms with E-state index in [4.69, 9.17) is 4.98 Å². The van der Waals surface area contributed by atoms with Crippen molar-refractivity contribution in [2.75, 3.05) is 11.4 Å². The molecular weight excluding hydrogens is 392 g/mol. The molecule has 5 rings (SSSR count). The predicted molar refractivity (Wildman–Crippen MR) is 119 cm³/mol. The van der Waals surface area contributed by atoms with Gasteiger partial charge in [-0.25, -0.2) is 9.67 Å². The second-order valence-electron chi connectivity index (χ2n) is 7.76. The SMILES string of the molecule is Cn1c(N2CCCC2Cn2nc(-c3cccnc3)ccc2=O)nc2ccccc2c1=O. The van der Waals surface area contributed by atoms with Crippen LogP contribution in [0.5, 0.6) is 0 Å². The van der Waals surface area contributed by atoms with Crippen molar-refractivity contribution >= 4 is 16.9 Å². The number of pyridine rings is 1. The maximum absolute atomic E-state index is 12.8. The Kier molecular flexibility index (Phi) is 4.82. The van der Waals surface area contributed by atoms with Crippen molar-refractivity contribution in [3.05, 3.63) is 81.6 Å².